The molecule has 2 aromatic rings. The van der Waals surface area contributed by atoms with Crippen molar-refractivity contribution in [2.75, 3.05) is 5.75 Å². The van der Waals surface area contributed by atoms with E-state index in [-0.39, 0.29) is 34.6 Å². The third kappa shape index (κ3) is 4.55. The van der Waals surface area contributed by atoms with Crippen molar-refractivity contribution in [3.05, 3.63) is 68.2 Å². The van der Waals surface area contributed by atoms with Gasteiger partial charge in [-0.15, -0.1) is 11.8 Å². The molecule has 1 aromatic heterocycles. The van der Waals surface area contributed by atoms with Crippen molar-refractivity contribution in [3.8, 4) is 11.1 Å². The van der Waals surface area contributed by atoms with Crippen molar-refractivity contribution < 1.29 is 23.2 Å². The van der Waals surface area contributed by atoms with Gasteiger partial charge in [0, 0.05) is 16.9 Å². The molecular formula is C22H23F3N2O4S. The number of nitro groups is 1. The lowest BCUT2D eigenvalue weighted by Crippen LogP contribution is -2.28. The molecule has 1 N–H and O–H groups in total. The van der Waals surface area contributed by atoms with Gasteiger partial charge < -0.3 is 5.11 Å². The summed E-state index contributed by atoms with van der Waals surface area (Å²) in [7, 11) is 0. The predicted octanol–water partition coefficient (Wildman–Crippen LogP) is 6.28. The summed E-state index contributed by atoms with van der Waals surface area (Å²) in [5, 5.41) is 22.2. The second-order valence-corrected chi connectivity index (χ2v) is 8.66. The van der Waals surface area contributed by atoms with E-state index in [9.17, 15) is 33.2 Å². The van der Waals surface area contributed by atoms with E-state index >= 15 is 0 Å². The van der Waals surface area contributed by atoms with E-state index in [1.807, 2.05) is 6.92 Å². The maximum Gasteiger partial charge on any atom is 0.416 e. The molecule has 0 fully saturated rings. The van der Waals surface area contributed by atoms with Crippen LogP contribution in [0.4, 0.5) is 18.9 Å². The van der Waals surface area contributed by atoms with Crippen LogP contribution in [-0.4, -0.2) is 20.3 Å². The van der Waals surface area contributed by atoms with Gasteiger partial charge in [0.25, 0.3) is 0 Å². The summed E-state index contributed by atoms with van der Waals surface area (Å²) >= 11 is 1.17. The van der Waals surface area contributed by atoms with Crippen molar-refractivity contribution in [2.24, 2.45) is 0 Å². The minimum absolute atomic E-state index is 0.137. The molecule has 3 rings (SSSR count). The Bertz CT molecular complexity index is 1110. The molecule has 1 atom stereocenters. The van der Waals surface area contributed by atoms with E-state index in [1.54, 1.807) is 0 Å². The normalized spacial score (nSPS) is 15.6. The molecule has 0 spiro atoms. The molecule has 0 saturated heterocycles. The van der Waals surface area contributed by atoms with Crippen LogP contribution in [0.5, 0.6) is 0 Å². The fourth-order valence-corrected chi connectivity index (χ4v) is 5.31. The molecule has 0 bridgehead atoms. The molecule has 0 saturated carbocycles. The van der Waals surface area contributed by atoms with Crippen molar-refractivity contribution in [1.29, 1.82) is 0 Å². The van der Waals surface area contributed by atoms with Gasteiger partial charge in [-0.25, -0.2) is 0 Å². The summed E-state index contributed by atoms with van der Waals surface area (Å²) in [6, 6.07) is 3.69. The number of halogens is 3. The van der Waals surface area contributed by atoms with Crippen molar-refractivity contribution in [2.45, 2.75) is 56.3 Å². The van der Waals surface area contributed by atoms with Gasteiger partial charge in [0.1, 0.15) is 11.8 Å². The first-order valence-electron chi connectivity index (χ1n) is 10.2. The van der Waals surface area contributed by atoms with E-state index in [1.165, 1.54) is 23.9 Å². The number of aliphatic hydroxyl groups is 1. The van der Waals surface area contributed by atoms with Crippen LogP contribution in [0.3, 0.4) is 0 Å². The number of hydrogen-bond donors (Lipinski definition) is 1. The highest BCUT2D eigenvalue weighted by atomic mass is 32.2. The lowest BCUT2D eigenvalue weighted by atomic mass is 9.94. The zero-order chi connectivity index (χ0) is 23.6. The highest BCUT2D eigenvalue weighted by Gasteiger charge is 2.38. The van der Waals surface area contributed by atoms with Crippen LogP contribution in [0.2, 0.25) is 0 Å². The molecule has 1 aromatic carbocycles. The molecule has 1 aliphatic heterocycles. The number of aliphatic hydroxyl groups excluding tert-OH is 1. The van der Waals surface area contributed by atoms with Crippen LogP contribution in [0.15, 0.2) is 46.4 Å². The topological polar surface area (TPSA) is 85.4 Å². The second-order valence-electron chi connectivity index (χ2n) is 7.65. The lowest BCUT2D eigenvalue weighted by molar-refractivity contribution is -0.387. The maximum absolute atomic E-state index is 13.4. The van der Waals surface area contributed by atoms with Crippen molar-refractivity contribution in [1.82, 2.24) is 4.57 Å². The average Bonchev–Trinajstić information content (AvgIpc) is 3.16. The van der Waals surface area contributed by atoms with Crippen molar-refractivity contribution >= 4 is 17.4 Å². The molecular weight excluding hydrogens is 445 g/mol. The number of rotatable bonds is 8. The van der Waals surface area contributed by atoms with Crippen LogP contribution < -0.4 is 5.56 Å². The number of hydrogen-bond acceptors (Lipinski definition) is 5. The third-order valence-corrected chi connectivity index (χ3v) is 6.61. The third-order valence-electron chi connectivity index (χ3n) is 5.46. The summed E-state index contributed by atoms with van der Waals surface area (Å²) in [5.74, 6) is -0.134. The highest BCUT2D eigenvalue weighted by Crippen LogP contribution is 2.45. The Hall–Kier alpha value is -2.75. The number of alkyl halides is 3. The van der Waals surface area contributed by atoms with Gasteiger partial charge in [-0.2, -0.15) is 13.2 Å². The average molecular weight is 468 g/mol. The number of pyridine rings is 1. The summed E-state index contributed by atoms with van der Waals surface area (Å²) in [6.45, 7) is 5.47. The van der Waals surface area contributed by atoms with Gasteiger partial charge in [-0.1, -0.05) is 44.9 Å². The first kappa shape index (κ1) is 23.9. The van der Waals surface area contributed by atoms with Crippen LogP contribution >= 0.6 is 11.8 Å². The molecule has 172 valence electrons. The van der Waals surface area contributed by atoms with Gasteiger partial charge in [0.15, 0.2) is 0 Å². The molecule has 1 aliphatic rings. The monoisotopic (exact) mass is 468 g/mol. The Balaban J connectivity index is 2.33. The predicted molar refractivity (Wildman–Crippen MR) is 117 cm³/mol. The highest BCUT2D eigenvalue weighted by molar-refractivity contribution is 7.99. The maximum atomic E-state index is 13.4. The number of nitrogens with zero attached hydrogens (tertiary/aromatic N) is 2. The van der Waals surface area contributed by atoms with E-state index in [4.69, 9.17) is 0 Å². The van der Waals surface area contributed by atoms with Crippen LogP contribution in [0.1, 0.15) is 49.8 Å². The first-order chi connectivity index (χ1) is 15.1. The van der Waals surface area contributed by atoms with Gasteiger partial charge in [-0.3, -0.25) is 19.5 Å². The number of aromatic nitrogens is 1. The number of thioether (sulfide) groups is 1. The fourth-order valence-electron chi connectivity index (χ4n) is 3.91. The van der Waals surface area contributed by atoms with Gasteiger partial charge in [0.05, 0.1) is 15.5 Å². The first-order valence-corrected chi connectivity index (χ1v) is 11.2. The SMILES string of the molecule is C=C(O)[C@@H]1CSc2c(-c3cccc(C(F)(F)F)c3)c(CCCCCC)c([N+](=O)[O-])c(=O)n21. The summed E-state index contributed by atoms with van der Waals surface area (Å²) in [6.07, 6.45) is -1.23. The summed E-state index contributed by atoms with van der Waals surface area (Å²) < 4.78 is 41.2. The van der Waals surface area contributed by atoms with Gasteiger partial charge >= 0.3 is 17.4 Å². The Morgan fingerprint density at radius 1 is 1.34 bits per heavy atom. The molecule has 0 aliphatic carbocycles. The minimum atomic E-state index is -4.59. The van der Waals surface area contributed by atoms with Crippen molar-refractivity contribution in [3.63, 3.8) is 0 Å². The number of fused-ring (bicyclic) bond motifs is 1. The molecule has 0 unspecified atom stereocenters. The fraction of sp³-hybridized carbons (Fsp3) is 0.409. The largest absolute Gasteiger partial charge is 0.511 e. The molecule has 0 amide bonds. The zero-order valence-electron chi connectivity index (χ0n) is 17.4. The summed E-state index contributed by atoms with van der Waals surface area (Å²) in [4.78, 5) is 24.3. The Morgan fingerprint density at radius 2 is 2.06 bits per heavy atom. The number of benzene rings is 1. The minimum Gasteiger partial charge on any atom is -0.511 e. The molecule has 6 nitrogen and oxygen atoms in total. The van der Waals surface area contributed by atoms with E-state index < -0.39 is 34.0 Å². The standard InChI is InChI=1S/C22H23F3N2O4S/c1-3-4-5-6-10-16-18(14-8-7-9-15(11-14)22(23,24)25)21-26(17(12-32-21)13(2)28)20(29)19(16)27(30)31/h7-9,11,17,28H,2-6,10,12H2,1H3/t17-/m0/s1. The zero-order valence-corrected chi connectivity index (χ0v) is 18.3. The van der Waals surface area contributed by atoms with E-state index in [2.05, 4.69) is 6.58 Å². The quantitative estimate of drug-likeness (QED) is 0.213. The Kier molecular flexibility index (Phi) is 7.02. The molecule has 10 heteroatoms. The molecule has 2 heterocycles. The number of allylic oxidation sites excluding steroid dienone is 1. The van der Waals surface area contributed by atoms with Crippen LogP contribution in [-0.2, 0) is 12.6 Å². The smallest absolute Gasteiger partial charge is 0.416 e. The lowest BCUT2D eigenvalue weighted by Gasteiger charge is -2.19. The van der Waals surface area contributed by atoms with Crippen LogP contribution in [0, 0.1) is 10.1 Å². The van der Waals surface area contributed by atoms with E-state index in [0.717, 1.165) is 36.0 Å². The number of unbranched alkanes of at least 4 members (excludes halogenated alkanes) is 3. The molecule has 32 heavy (non-hydrogen) atoms. The van der Waals surface area contributed by atoms with Gasteiger partial charge in [0.2, 0.25) is 0 Å². The molecule has 0 radical (unpaired) electrons. The van der Waals surface area contributed by atoms with Crippen LogP contribution in [0.25, 0.3) is 11.1 Å². The Morgan fingerprint density at radius 3 is 2.66 bits per heavy atom. The summed E-state index contributed by atoms with van der Waals surface area (Å²) in [5.41, 5.74) is -1.90. The Labute approximate surface area is 186 Å². The van der Waals surface area contributed by atoms with Gasteiger partial charge in [-0.05, 0) is 30.5 Å². The van der Waals surface area contributed by atoms with E-state index in [0.29, 0.717) is 11.4 Å². The second kappa shape index (κ2) is 9.40.